The highest BCUT2D eigenvalue weighted by molar-refractivity contribution is 5.81. The second-order valence-corrected chi connectivity index (χ2v) is 5.74. The van der Waals surface area contributed by atoms with Crippen LogP contribution in [-0.4, -0.2) is 44.3 Å². The summed E-state index contributed by atoms with van der Waals surface area (Å²) in [6, 6.07) is 7.43. The van der Waals surface area contributed by atoms with E-state index in [1.165, 1.54) is 7.11 Å². The van der Waals surface area contributed by atoms with E-state index < -0.39 is 11.6 Å². The van der Waals surface area contributed by atoms with Crippen molar-refractivity contribution in [1.82, 2.24) is 0 Å². The number of ether oxygens (including phenoxy) is 4. The summed E-state index contributed by atoms with van der Waals surface area (Å²) in [6.07, 6.45) is 3.26. The van der Waals surface area contributed by atoms with Crippen LogP contribution in [0.2, 0.25) is 0 Å². The average molecular weight is 376 g/mol. The summed E-state index contributed by atoms with van der Waals surface area (Å²) in [4.78, 5) is 11.6. The standard InChI is InChI=1S/C21H28O6/c1-6-21(23,16(3)14-17-8-10-18(25-5)11-9-17)19(27-15-24-4)12-13-20(22)26-7-2/h8-11,13-14,23H,6-7,15H2,1-5H3/b16-14+. The molecular formula is C21H28O6. The van der Waals surface area contributed by atoms with Crippen molar-refractivity contribution in [3.63, 3.8) is 0 Å². The molecule has 0 radical (unpaired) electrons. The van der Waals surface area contributed by atoms with E-state index in [1.54, 1.807) is 21.0 Å². The Kier molecular flexibility index (Phi) is 9.37. The highest BCUT2D eigenvalue weighted by Gasteiger charge is 2.34. The first-order valence-electron chi connectivity index (χ1n) is 8.72. The first-order valence-corrected chi connectivity index (χ1v) is 8.72. The molecule has 148 valence electrons. The van der Waals surface area contributed by atoms with Crippen molar-refractivity contribution in [3.8, 4) is 5.75 Å². The van der Waals surface area contributed by atoms with Gasteiger partial charge in [-0.05, 0) is 43.5 Å². The van der Waals surface area contributed by atoms with Crippen molar-refractivity contribution in [1.29, 1.82) is 0 Å². The lowest BCUT2D eigenvalue weighted by molar-refractivity contribution is -0.137. The van der Waals surface area contributed by atoms with E-state index in [4.69, 9.17) is 18.9 Å². The first kappa shape index (κ1) is 22.5. The minimum absolute atomic E-state index is 0.0853. The zero-order valence-corrected chi connectivity index (χ0v) is 16.6. The Morgan fingerprint density at radius 3 is 2.37 bits per heavy atom. The molecular weight excluding hydrogens is 348 g/mol. The lowest BCUT2D eigenvalue weighted by Gasteiger charge is -2.29. The van der Waals surface area contributed by atoms with Crippen molar-refractivity contribution >= 4 is 12.0 Å². The summed E-state index contributed by atoms with van der Waals surface area (Å²) >= 11 is 0. The van der Waals surface area contributed by atoms with Gasteiger partial charge in [0.2, 0.25) is 0 Å². The smallest absolute Gasteiger partial charge is 0.338 e. The van der Waals surface area contributed by atoms with Gasteiger partial charge in [0.05, 0.1) is 19.8 Å². The Labute approximate surface area is 160 Å². The number of hydrogen-bond donors (Lipinski definition) is 1. The van der Waals surface area contributed by atoms with E-state index in [1.807, 2.05) is 37.3 Å². The summed E-state index contributed by atoms with van der Waals surface area (Å²) in [6.45, 7) is 5.47. The van der Waals surface area contributed by atoms with Crippen LogP contribution in [0.4, 0.5) is 0 Å². The summed E-state index contributed by atoms with van der Waals surface area (Å²) < 4.78 is 20.4. The van der Waals surface area contributed by atoms with Crippen LogP contribution >= 0.6 is 0 Å². The summed E-state index contributed by atoms with van der Waals surface area (Å²) in [5, 5.41) is 11.2. The maximum atomic E-state index is 11.6. The van der Waals surface area contributed by atoms with Crippen LogP contribution in [0.1, 0.15) is 32.8 Å². The Hall–Kier alpha value is -2.53. The largest absolute Gasteiger partial charge is 0.497 e. The molecule has 0 aliphatic carbocycles. The van der Waals surface area contributed by atoms with Crippen LogP contribution in [0.25, 0.3) is 6.08 Å². The van der Waals surface area contributed by atoms with Crippen LogP contribution in [0.5, 0.6) is 5.75 Å². The van der Waals surface area contributed by atoms with E-state index in [0.29, 0.717) is 12.0 Å². The van der Waals surface area contributed by atoms with Crippen LogP contribution < -0.4 is 4.74 Å². The Balaban J connectivity index is 3.28. The third-order valence-electron chi connectivity index (χ3n) is 3.97. The Bertz CT molecular complexity index is 698. The molecule has 1 aromatic carbocycles. The molecule has 0 aliphatic rings. The lowest BCUT2D eigenvalue weighted by atomic mass is 9.88. The zero-order valence-electron chi connectivity index (χ0n) is 16.6. The number of carbonyl (C=O) groups is 1. The molecule has 1 aromatic rings. The van der Waals surface area contributed by atoms with E-state index in [0.717, 1.165) is 17.4 Å². The van der Waals surface area contributed by atoms with Gasteiger partial charge in [0, 0.05) is 7.11 Å². The minimum Gasteiger partial charge on any atom is -0.497 e. The van der Waals surface area contributed by atoms with Crippen molar-refractivity contribution < 1.29 is 28.8 Å². The van der Waals surface area contributed by atoms with Gasteiger partial charge < -0.3 is 24.1 Å². The molecule has 27 heavy (non-hydrogen) atoms. The van der Waals surface area contributed by atoms with Crippen molar-refractivity contribution in [3.05, 3.63) is 53.0 Å². The molecule has 0 aromatic heterocycles. The van der Waals surface area contributed by atoms with Crippen molar-refractivity contribution in [2.24, 2.45) is 0 Å². The number of aliphatic hydroxyl groups is 1. The van der Waals surface area contributed by atoms with E-state index in [-0.39, 0.29) is 19.2 Å². The second-order valence-electron chi connectivity index (χ2n) is 5.74. The average Bonchev–Trinajstić information content (AvgIpc) is 2.68. The van der Waals surface area contributed by atoms with Crippen molar-refractivity contribution in [2.75, 3.05) is 27.6 Å². The molecule has 1 rings (SSSR count). The van der Waals surface area contributed by atoms with Gasteiger partial charge in [-0.1, -0.05) is 30.9 Å². The maximum absolute atomic E-state index is 11.6. The monoisotopic (exact) mass is 376 g/mol. The fraction of sp³-hybridized carbons (Fsp3) is 0.429. The molecule has 0 spiro atoms. The molecule has 6 nitrogen and oxygen atoms in total. The predicted octanol–water partition coefficient (Wildman–Crippen LogP) is 3.46. The number of carbonyl (C=O) groups excluding carboxylic acids is 1. The number of benzene rings is 1. The third kappa shape index (κ3) is 6.61. The molecule has 0 heterocycles. The highest BCUT2D eigenvalue weighted by Crippen LogP contribution is 2.31. The number of rotatable bonds is 10. The van der Waals surface area contributed by atoms with Gasteiger partial charge in [0.25, 0.3) is 0 Å². The molecule has 1 unspecified atom stereocenters. The topological polar surface area (TPSA) is 74.2 Å². The molecule has 0 bridgehead atoms. The number of hydrogen-bond acceptors (Lipinski definition) is 6. The molecule has 1 atom stereocenters. The quantitative estimate of drug-likeness (QED) is 0.222. The summed E-state index contributed by atoms with van der Waals surface area (Å²) in [5.74, 6) is 0.269. The van der Waals surface area contributed by atoms with Gasteiger partial charge in [-0.15, -0.1) is 0 Å². The van der Waals surface area contributed by atoms with Gasteiger partial charge in [0.1, 0.15) is 11.4 Å². The van der Waals surface area contributed by atoms with Gasteiger partial charge in [-0.25, -0.2) is 4.79 Å². The SMILES string of the molecule is CCOC(=O)C=C=C(OCOC)C(O)(CC)/C(C)=C/c1ccc(OC)cc1. The summed E-state index contributed by atoms with van der Waals surface area (Å²) in [5.41, 5.74) is 2.78. The van der Waals surface area contributed by atoms with Gasteiger partial charge in [-0.2, -0.15) is 0 Å². The molecule has 0 saturated carbocycles. The molecule has 0 aliphatic heterocycles. The van der Waals surface area contributed by atoms with E-state index in [9.17, 15) is 9.90 Å². The van der Waals surface area contributed by atoms with Crippen molar-refractivity contribution in [2.45, 2.75) is 32.8 Å². The number of esters is 1. The highest BCUT2D eigenvalue weighted by atomic mass is 16.7. The molecule has 6 heteroatoms. The van der Waals surface area contributed by atoms with Crippen LogP contribution in [-0.2, 0) is 19.0 Å². The fourth-order valence-corrected chi connectivity index (χ4v) is 2.39. The Morgan fingerprint density at radius 2 is 1.85 bits per heavy atom. The first-order chi connectivity index (χ1) is 12.9. The van der Waals surface area contributed by atoms with Crippen LogP contribution in [0.15, 0.2) is 47.4 Å². The molecule has 0 amide bonds. The lowest BCUT2D eigenvalue weighted by Crippen LogP contribution is -2.33. The molecule has 0 saturated heterocycles. The van der Waals surface area contributed by atoms with Crippen LogP contribution in [0, 0.1) is 0 Å². The van der Waals surface area contributed by atoms with E-state index >= 15 is 0 Å². The zero-order chi connectivity index (χ0) is 20.3. The third-order valence-corrected chi connectivity index (χ3v) is 3.97. The van der Waals surface area contributed by atoms with Gasteiger partial charge >= 0.3 is 5.97 Å². The van der Waals surface area contributed by atoms with E-state index in [2.05, 4.69) is 5.73 Å². The molecule has 1 N–H and O–H groups in total. The maximum Gasteiger partial charge on any atom is 0.338 e. The normalized spacial score (nSPS) is 13.2. The fourth-order valence-electron chi connectivity index (χ4n) is 2.39. The van der Waals surface area contributed by atoms with Gasteiger partial charge in [0.15, 0.2) is 12.6 Å². The van der Waals surface area contributed by atoms with Crippen LogP contribution in [0.3, 0.4) is 0 Å². The minimum atomic E-state index is -1.46. The second kappa shape index (κ2) is 11.2. The van der Waals surface area contributed by atoms with Gasteiger partial charge in [-0.3, -0.25) is 0 Å². The predicted molar refractivity (Wildman–Crippen MR) is 103 cm³/mol. The Morgan fingerprint density at radius 1 is 1.19 bits per heavy atom. The molecule has 0 fully saturated rings. The number of methoxy groups -OCH3 is 2. The summed E-state index contributed by atoms with van der Waals surface area (Å²) in [7, 11) is 3.07.